The molecule has 164 valence electrons. The maximum Gasteiger partial charge on any atom is 0.411 e. The van der Waals surface area contributed by atoms with Gasteiger partial charge in [-0.15, -0.1) is 24.0 Å². The smallest absolute Gasteiger partial charge is 0.411 e. The number of para-hydroxylation sites is 1. The van der Waals surface area contributed by atoms with Crippen LogP contribution in [0.1, 0.15) is 16.7 Å². The molecule has 0 spiro atoms. The normalized spacial score (nSPS) is 15.7. The molecule has 0 aliphatic carbocycles. The number of halogens is 4. The van der Waals surface area contributed by atoms with E-state index in [1.165, 1.54) is 5.56 Å². The second kappa shape index (κ2) is 11.4. The Bertz CT molecular complexity index is 804. The van der Waals surface area contributed by atoms with Gasteiger partial charge in [0.25, 0.3) is 0 Å². The molecule has 2 aromatic rings. The van der Waals surface area contributed by atoms with Crippen molar-refractivity contribution in [3.8, 4) is 5.75 Å². The molecule has 0 saturated carbocycles. The molecule has 5 nitrogen and oxygen atoms in total. The molecule has 1 aliphatic rings. The van der Waals surface area contributed by atoms with Crippen LogP contribution in [0.5, 0.6) is 5.75 Å². The van der Waals surface area contributed by atoms with E-state index in [0.29, 0.717) is 24.6 Å². The minimum atomic E-state index is -4.31. The highest BCUT2D eigenvalue weighted by Gasteiger charge is 2.27. The van der Waals surface area contributed by atoms with Gasteiger partial charge in [0.15, 0.2) is 5.96 Å². The lowest BCUT2D eigenvalue weighted by Gasteiger charge is -2.16. The Morgan fingerprint density at radius 3 is 2.47 bits per heavy atom. The fraction of sp³-hybridized carbons (Fsp3) is 0.381. The standard InChI is InChI=1S/C21H24F3N3O2.HI/c1-25-20(27-12-18-10-17-4-2-3-5-19(17)29-18)26-11-15-6-8-16(9-7-15)13-28-14-21(22,23)24;/h2-9,18H,10-14H2,1H3,(H2,25,26,27);1H. The lowest BCUT2D eigenvalue weighted by Crippen LogP contribution is -2.41. The number of rotatable bonds is 7. The van der Waals surface area contributed by atoms with Gasteiger partial charge in [0.2, 0.25) is 0 Å². The first kappa shape index (κ1) is 24.3. The first-order valence-electron chi connectivity index (χ1n) is 9.34. The number of nitrogens with zero attached hydrogens (tertiary/aromatic N) is 1. The van der Waals surface area contributed by atoms with Gasteiger partial charge in [-0.05, 0) is 22.8 Å². The van der Waals surface area contributed by atoms with E-state index in [0.717, 1.165) is 17.7 Å². The fourth-order valence-electron chi connectivity index (χ4n) is 3.02. The number of guanidine groups is 1. The quantitative estimate of drug-likeness (QED) is 0.319. The van der Waals surface area contributed by atoms with Gasteiger partial charge < -0.3 is 20.1 Å². The monoisotopic (exact) mass is 535 g/mol. The van der Waals surface area contributed by atoms with Crippen LogP contribution in [0.15, 0.2) is 53.5 Å². The Labute approximate surface area is 191 Å². The van der Waals surface area contributed by atoms with Crippen LogP contribution in [0.4, 0.5) is 13.2 Å². The number of ether oxygens (including phenoxy) is 2. The van der Waals surface area contributed by atoms with Gasteiger partial charge in [-0.25, -0.2) is 0 Å². The van der Waals surface area contributed by atoms with E-state index >= 15 is 0 Å². The zero-order chi connectivity index (χ0) is 20.7. The molecule has 0 amide bonds. The van der Waals surface area contributed by atoms with Crippen molar-refractivity contribution in [1.29, 1.82) is 0 Å². The average molecular weight is 535 g/mol. The molecule has 2 aromatic carbocycles. The molecule has 0 radical (unpaired) electrons. The second-order valence-corrected chi connectivity index (χ2v) is 6.78. The molecule has 0 bridgehead atoms. The summed E-state index contributed by atoms with van der Waals surface area (Å²) < 4.78 is 46.9. The highest BCUT2D eigenvalue weighted by atomic mass is 127. The molecule has 0 fully saturated rings. The van der Waals surface area contributed by atoms with E-state index < -0.39 is 12.8 Å². The molecule has 0 aromatic heterocycles. The molecule has 1 heterocycles. The summed E-state index contributed by atoms with van der Waals surface area (Å²) in [4.78, 5) is 4.21. The first-order valence-corrected chi connectivity index (χ1v) is 9.34. The average Bonchev–Trinajstić information content (AvgIpc) is 3.11. The van der Waals surface area contributed by atoms with Crippen LogP contribution in [0.25, 0.3) is 0 Å². The minimum absolute atomic E-state index is 0. The van der Waals surface area contributed by atoms with Crippen molar-refractivity contribution in [1.82, 2.24) is 10.6 Å². The summed E-state index contributed by atoms with van der Waals surface area (Å²) in [6.07, 6.45) is -3.39. The number of aliphatic imine (C=N–C) groups is 1. The summed E-state index contributed by atoms with van der Waals surface area (Å²) >= 11 is 0. The predicted molar refractivity (Wildman–Crippen MR) is 120 cm³/mol. The van der Waals surface area contributed by atoms with Crippen molar-refractivity contribution in [3.05, 3.63) is 65.2 Å². The van der Waals surface area contributed by atoms with E-state index in [9.17, 15) is 13.2 Å². The number of benzene rings is 2. The maximum absolute atomic E-state index is 12.1. The lowest BCUT2D eigenvalue weighted by atomic mass is 10.1. The van der Waals surface area contributed by atoms with E-state index in [1.807, 2.05) is 30.3 Å². The van der Waals surface area contributed by atoms with E-state index in [4.69, 9.17) is 4.74 Å². The van der Waals surface area contributed by atoms with Crippen molar-refractivity contribution in [2.24, 2.45) is 4.99 Å². The molecular formula is C21H25F3IN3O2. The van der Waals surface area contributed by atoms with E-state index in [2.05, 4.69) is 26.4 Å². The van der Waals surface area contributed by atoms with Gasteiger partial charge in [-0.1, -0.05) is 42.5 Å². The van der Waals surface area contributed by atoms with Gasteiger partial charge in [0.05, 0.1) is 13.2 Å². The summed E-state index contributed by atoms with van der Waals surface area (Å²) in [7, 11) is 1.70. The summed E-state index contributed by atoms with van der Waals surface area (Å²) in [5, 5.41) is 6.47. The Hall–Kier alpha value is -2.01. The molecule has 30 heavy (non-hydrogen) atoms. The van der Waals surface area contributed by atoms with Crippen LogP contribution < -0.4 is 15.4 Å². The number of fused-ring (bicyclic) bond motifs is 1. The lowest BCUT2D eigenvalue weighted by molar-refractivity contribution is -0.176. The third kappa shape index (κ3) is 7.67. The Morgan fingerprint density at radius 1 is 1.10 bits per heavy atom. The molecule has 2 N–H and O–H groups in total. The summed E-state index contributed by atoms with van der Waals surface area (Å²) in [6, 6.07) is 15.2. The zero-order valence-electron chi connectivity index (χ0n) is 16.5. The zero-order valence-corrected chi connectivity index (χ0v) is 18.9. The highest BCUT2D eigenvalue weighted by molar-refractivity contribution is 14.0. The van der Waals surface area contributed by atoms with E-state index in [1.54, 1.807) is 19.2 Å². The van der Waals surface area contributed by atoms with Crippen LogP contribution in [0.3, 0.4) is 0 Å². The number of alkyl halides is 3. The number of hydrogen-bond acceptors (Lipinski definition) is 3. The Balaban J connectivity index is 0.00000320. The highest BCUT2D eigenvalue weighted by Crippen LogP contribution is 2.27. The number of hydrogen-bond donors (Lipinski definition) is 2. The van der Waals surface area contributed by atoms with Crippen LogP contribution >= 0.6 is 24.0 Å². The summed E-state index contributed by atoms with van der Waals surface area (Å²) in [5.74, 6) is 1.59. The molecule has 0 saturated heterocycles. The van der Waals surface area contributed by atoms with Crippen LogP contribution in [-0.2, 0) is 24.3 Å². The fourth-order valence-corrected chi connectivity index (χ4v) is 3.02. The van der Waals surface area contributed by atoms with Gasteiger partial charge in [-0.3, -0.25) is 4.99 Å². The largest absolute Gasteiger partial charge is 0.488 e. The van der Waals surface area contributed by atoms with Gasteiger partial charge in [-0.2, -0.15) is 13.2 Å². The van der Waals surface area contributed by atoms with Gasteiger partial charge in [0, 0.05) is 20.0 Å². The van der Waals surface area contributed by atoms with Gasteiger partial charge in [0.1, 0.15) is 18.5 Å². The van der Waals surface area contributed by atoms with Crippen LogP contribution in [-0.4, -0.2) is 38.4 Å². The van der Waals surface area contributed by atoms with Crippen LogP contribution in [0, 0.1) is 0 Å². The van der Waals surface area contributed by atoms with Crippen molar-refractivity contribution in [2.75, 3.05) is 20.2 Å². The molecule has 3 rings (SSSR count). The van der Waals surface area contributed by atoms with Crippen molar-refractivity contribution >= 4 is 29.9 Å². The first-order chi connectivity index (χ1) is 13.9. The third-order valence-corrected chi connectivity index (χ3v) is 4.45. The second-order valence-electron chi connectivity index (χ2n) is 6.78. The Kier molecular flexibility index (Phi) is 9.22. The predicted octanol–water partition coefficient (Wildman–Crippen LogP) is 4.05. The molecule has 1 aliphatic heterocycles. The molecule has 1 atom stereocenters. The van der Waals surface area contributed by atoms with Crippen molar-refractivity contribution in [2.45, 2.75) is 31.9 Å². The maximum atomic E-state index is 12.1. The SMILES string of the molecule is CN=C(NCc1ccc(COCC(F)(F)F)cc1)NCC1Cc2ccccc2O1.I. The molecular weight excluding hydrogens is 510 g/mol. The van der Waals surface area contributed by atoms with E-state index in [-0.39, 0.29) is 36.7 Å². The van der Waals surface area contributed by atoms with Crippen molar-refractivity contribution in [3.63, 3.8) is 0 Å². The van der Waals surface area contributed by atoms with Crippen molar-refractivity contribution < 1.29 is 22.6 Å². The third-order valence-electron chi connectivity index (χ3n) is 4.45. The summed E-state index contributed by atoms with van der Waals surface area (Å²) in [6.45, 7) is -0.146. The minimum Gasteiger partial charge on any atom is -0.488 e. The van der Waals surface area contributed by atoms with Crippen LogP contribution in [0.2, 0.25) is 0 Å². The van der Waals surface area contributed by atoms with Gasteiger partial charge >= 0.3 is 6.18 Å². The Morgan fingerprint density at radius 2 is 1.80 bits per heavy atom. The summed E-state index contributed by atoms with van der Waals surface area (Å²) in [5.41, 5.74) is 2.89. The molecule has 9 heteroatoms. The topological polar surface area (TPSA) is 54.9 Å². The number of nitrogens with one attached hydrogen (secondary N) is 2. The molecule has 1 unspecified atom stereocenters.